The van der Waals surface area contributed by atoms with Gasteiger partial charge in [0.1, 0.15) is 0 Å². The molecular formula is C10H21N3O. The van der Waals surface area contributed by atoms with Crippen molar-refractivity contribution in [3.8, 4) is 0 Å². The predicted molar refractivity (Wildman–Crippen MR) is 57.1 cm³/mol. The molecule has 1 aliphatic rings. The molecule has 2 atom stereocenters. The van der Waals surface area contributed by atoms with Crippen molar-refractivity contribution in [1.82, 2.24) is 9.80 Å². The van der Waals surface area contributed by atoms with Crippen LogP contribution in [0, 0.1) is 0 Å². The molecule has 2 unspecified atom stereocenters. The van der Waals surface area contributed by atoms with E-state index in [-0.39, 0.29) is 12.1 Å². The van der Waals surface area contributed by atoms with Gasteiger partial charge in [-0.25, -0.2) is 4.79 Å². The van der Waals surface area contributed by atoms with E-state index in [0.717, 1.165) is 25.8 Å². The number of nitrogens with zero attached hydrogens (tertiary/aromatic N) is 2. The minimum Gasteiger partial charge on any atom is -0.331 e. The van der Waals surface area contributed by atoms with E-state index in [1.807, 2.05) is 11.8 Å². The average molecular weight is 199 g/mol. The second kappa shape index (κ2) is 4.64. The molecule has 2 amide bonds. The predicted octanol–water partition coefficient (Wildman–Crippen LogP) is 0.870. The minimum absolute atomic E-state index is 0.119. The summed E-state index contributed by atoms with van der Waals surface area (Å²) in [7, 11) is 3.59. The molecule has 4 nitrogen and oxygen atoms in total. The van der Waals surface area contributed by atoms with Crippen molar-refractivity contribution in [2.24, 2.45) is 5.73 Å². The Labute approximate surface area is 86.0 Å². The second-order valence-corrected chi connectivity index (χ2v) is 4.38. The first-order valence-electron chi connectivity index (χ1n) is 5.26. The lowest BCUT2D eigenvalue weighted by molar-refractivity contribution is 0.162. The van der Waals surface area contributed by atoms with Gasteiger partial charge in [-0.1, -0.05) is 0 Å². The van der Waals surface area contributed by atoms with E-state index in [9.17, 15) is 4.79 Å². The highest BCUT2D eigenvalue weighted by Gasteiger charge is 2.29. The quantitative estimate of drug-likeness (QED) is 0.717. The highest BCUT2D eigenvalue weighted by atomic mass is 16.2. The molecule has 0 aliphatic carbocycles. The fourth-order valence-corrected chi connectivity index (χ4v) is 2.02. The first-order chi connectivity index (χ1) is 6.52. The molecule has 14 heavy (non-hydrogen) atoms. The smallest absolute Gasteiger partial charge is 0.319 e. The van der Waals surface area contributed by atoms with Gasteiger partial charge in [-0.2, -0.15) is 0 Å². The van der Waals surface area contributed by atoms with Gasteiger partial charge in [-0.3, -0.25) is 0 Å². The first-order valence-corrected chi connectivity index (χ1v) is 5.26. The molecule has 1 heterocycles. The van der Waals surface area contributed by atoms with Gasteiger partial charge in [0.05, 0.1) is 0 Å². The molecule has 0 bridgehead atoms. The summed E-state index contributed by atoms with van der Waals surface area (Å²) < 4.78 is 0. The van der Waals surface area contributed by atoms with Crippen LogP contribution in [0.25, 0.3) is 0 Å². The SMILES string of the molecule is CC(N)CC1CCCN1C(=O)N(C)C. The van der Waals surface area contributed by atoms with Crippen molar-refractivity contribution < 1.29 is 4.79 Å². The van der Waals surface area contributed by atoms with Crippen LogP contribution < -0.4 is 5.73 Å². The molecule has 1 aliphatic heterocycles. The molecule has 0 spiro atoms. The Morgan fingerprint density at radius 3 is 2.79 bits per heavy atom. The van der Waals surface area contributed by atoms with Crippen molar-refractivity contribution in [2.75, 3.05) is 20.6 Å². The standard InChI is InChI=1S/C10H21N3O/c1-8(11)7-9-5-4-6-13(9)10(14)12(2)3/h8-9H,4-7,11H2,1-3H3. The van der Waals surface area contributed by atoms with E-state index in [4.69, 9.17) is 5.73 Å². The summed E-state index contributed by atoms with van der Waals surface area (Å²) in [6.45, 7) is 2.88. The number of hydrogen-bond acceptors (Lipinski definition) is 2. The number of likely N-dealkylation sites (tertiary alicyclic amines) is 1. The summed E-state index contributed by atoms with van der Waals surface area (Å²) in [4.78, 5) is 15.3. The molecule has 0 aromatic rings. The monoisotopic (exact) mass is 199 g/mol. The van der Waals surface area contributed by atoms with Gasteiger partial charge in [0, 0.05) is 32.7 Å². The molecule has 0 saturated carbocycles. The molecule has 4 heteroatoms. The summed E-state index contributed by atoms with van der Waals surface area (Å²) in [5.41, 5.74) is 5.76. The summed E-state index contributed by atoms with van der Waals surface area (Å²) in [6.07, 6.45) is 3.12. The van der Waals surface area contributed by atoms with Crippen molar-refractivity contribution in [2.45, 2.75) is 38.3 Å². The Balaban J connectivity index is 2.55. The summed E-state index contributed by atoms with van der Waals surface area (Å²) in [5.74, 6) is 0. The van der Waals surface area contributed by atoms with Crippen LogP contribution >= 0.6 is 0 Å². The topological polar surface area (TPSA) is 49.6 Å². The molecule has 1 rings (SSSR count). The van der Waals surface area contributed by atoms with Crippen LogP contribution in [0.2, 0.25) is 0 Å². The maximum atomic E-state index is 11.7. The van der Waals surface area contributed by atoms with E-state index in [1.54, 1.807) is 19.0 Å². The molecule has 1 fully saturated rings. The van der Waals surface area contributed by atoms with Gasteiger partial charge >= 0.3 is 6.03 Å². The third kappa shape index (κ3) is 2.61. The Bertz CT molecular complexity index is 204. The number of rotatable bonds is 2. The first kappa shape index (κ1) is 11.3. The van der Waals surface area contributed by atoms with Crippen LogP contribution in [0.4, 0.5) is 4.79 Å². The zero-order chi connectivity index (χ0) is 10.7. The number of carbonyl (C=O) groups is 1. The number of urea groups is 1. The van der Waals surface area contributed by atoms with Gasteiger partial charge in [0.15, 0.2) is 0 Å². The van der Waals surface area contributed by atoms with Crippen LogP contribution in [-0.2, 0) is 0 Å². The Morgan fingerprint density at radius 1 is 1.64 bits per heavy atom. The number of hydrogen-bond donors (Lipinski definition) is 1. The Kier molecular flexibility index (Phi) is 3.75. The molecule has 1 saturated heterocycles. The van der Waals surface area contributed by atoms with E-state index in [0.29, 0.717) is 6.04 Å². The zero-order valence-electron chi connectivity index (χ0n) is 9.36. The van der Waals surface area contributed by atoms with Crippen LogP contribution in [0.15, 0.2) is 0 Å². The van der Waals surface area contributed by atoms with E-state index < -0.39 is 0 Å². The van der Waals surface area contributed by atoms with Gasteiger partial charge in [0.25, 0.3) is 0 Å². The van der Waals surface area contributed by atoms with Gasteiger partial charge in [-0.05, 0) is 26.2 Å². The number of nitrogens with two attached hydrogens (primary N) is 1. The van der Waals surface area contributed by atoms with Crippen LogP contribution in [0.3, 0.4) is 0 Å². The lowest BCUT2D eigenvalue weighted by Crippen LogP contribution is -2.43. The summed E-state index contributed by atoms with van der Waals surface area (Å²) in [6, 6.07) is 0.647. The molecule has 2 N–H and O–H groups in total. The normalized spacial score (nSPS) is 23.7. The fraction of sp³-hybridized carbons (Fsp3) is 0.900. The highest BCUT2D eigenvalue weighted by Crippen LogP contribution is 2.21. The Morgan fingerprint density at radius 2 is 2.29 bits per heavy atom. The highest BCUT2D eigenvalue weighted by molar-refractivity contribution is 5.74. The Hall–Kier alpha value is -0.770. The fourth-order valence-electron chi connectivity index (χ4n) is 2.02. The van der Waals surface area contributed by atoms with Gasteiger partial charge in [0.2, 0.25) is 0 Å². The largest absolute Gasteiger partial charge is 0.331 e. The molecule has 0 radical (unpaired) electrons. The second-order valence-electron chi connectivity index (χ2n) is 4.38. The van der Waals surface area contributed by atoms with E-state index >= 15 is 0 Å². The van der Waals surface area contributed by atoms with Crippen molar-refractivity contribution in [3.05, 3.63) is 0 Å². The maximum absolute atomic E-state index is 11.7. The lowest BCUT2D eigenvalue weighted by atomic mass is 10.1. The van der Waals surface area contributed by atoms with Crippen molar-refractivity contribution in [1.29, 1.82) is 0 Å². The average Bonchev–Trinajstić information content (AvgIpc) is 2.49. The van der Waals surface area contributed by atoms with E-state index in [1.165, 1.54) is 0 Å². The van der Waals surface area contributed by atoms with Crippen molar-refractivity contribution in [3.63, 3.8) is 0 Å². The van der Waals surface area contributed by atoms with Gasteiger partial charge < -0.3 is 15.5 Å². The molecule has 0 aromatic heterocycles. The minimum atomic E-state index is 0.119. The third-order valence-electron chi connectivity index (χ3n) is 2.65. The molecule has 82 valence electrons. The van der Waals surface area contributed by atoms with Crippen LogP contribution in [-0.4, -0.2) is 48.6 Å². The van der Waals surface area contributed by atoms with Crippen LogP contribution in [0.1, 0.15) is 26.2 Å². The maximum Gasteiger partial charge on any atom is 0.319 e. The summed E-state index contributed by atoms with van der Waals surface area (Å²) in [5, 5.41) is 0. The zero-order valence-corrected chi connectivity index (χ0v) is 9.36. The van der Waals surface area contributed by atoms with Gasteiger partial charge in [-0.15, -0.1) is 0 Å². The number of amides is 2. The van der Waals surface area contributed by atoms with Crippen LogP contribution in [0.5, 0.6) is 0 Å². The molecule has 0 aromatic carbocycles. The third-order valence-corrected chi connectivity index (χ3v) is 2.65. The number of carbonyl (C=O) groups excluding carboxylic acids is 1. The van der Waals surface area contributed by atoms with Crippen molar-refractivity contribution >= 4 is 6.03 Å². The van der Waals surface area contributed by atoms with E-state index in [2.05, 4.69) is 0 Å². The molecular weight excluding hydrogens is 178 g/mol. The summed E-state index contributed by atoms with van der Waals surface area (Å²) >= 11 is 0. The lowest BCUT2D eigenvalue weighted by Gasteiger charge is -2.28.